The molecule has 0 saturated carbocycles. The number of hydrogen-bond acceptors (Lipinski definition) is 1. The number of rotatable bonds is 6. The summed E-state index contributed by atoms with van der Waals surface area (Å²) in [4.78, 5) is 13.5. The molecule has 3 aromatic carbocycles. The quantitative estimate of drug-likeness (QED) is 0.360. The Morgan fingerprint density at radius 1 is 0.735 bits per heavy atom. The monoisotopic (exact) mass is 584 g/mol. The fraction of sp³-hybridized carbons (Fsp3) is 0.179. The van der Waals surface area contributed by atoms with E-state index in [9.17, 15) is 4.79 Å². The normalized spacial score (nSPS) is 15.0. The molecule has 2 nitrogen and oxygen atoms in total. The standard InChI is InChI=1S/C12H11Si.C9H13.C7H7NO.2ClH.Zr/c1-3-7-11(8-4-1)13-12-9-5-2-6-10-12;1-6-5-7(2)9(4)8(6)3;8-7(9)6-4-2-1-3-5-6;;;/h1-10,13H;6H,1-4H3;1-5H,(H2,8,9);2*1H;/q;;;;;+3/p-3. The summed E-state index contributed by atoms with van der Waals surface area (Å²) in [5.74, 6) is -1.16. The zero-order valence-corrected chi connectivity index (χ0v) is 25.1. The van der Waals surface area contributed by atoms with Crippen LogP contribution in [0.4, 0.5) is 0 Å². The molecule has 34 heavy (non-hydrogen) atoms. The third-order valence-corrected chi connectivity index (χ3v) is 26.0. The SMILES string of the molecule is CC1=C(C)C(C)[C]([Zr+2]([NH]C(=O)c2ccccc2)[SiH](c2ccccc2)c2ccccc2)=C1C.[Cl-].[Cl-]. The molecule has 1 unspecified atom stereocenters. The molecule has 6 heteroatoms. The summed E-state index contributed by atoms with van der Waals surface area (Å²) < 4.78 is 5.27. The third-order valence-electron chi connectivity index (χ3n) is 6.77. The van der Waals surface area contributed by atoms with Crippen molar-refractivity contribution < 1.29 is 50.8 Å². The zero-order chi connectivity index (χ0) is 22.7. The molecule has 1 aliphatic carbocycles. The second-order valence-corrected chi connectivity index (χ2v) is 22.4. The molecule has 1 amide bonds. The molecule has 0 heterocycles. The molecule has 0 fully saturated rings. The van der Waals surface area contributed by atoms with E-state index in [1.54, 1.807) is 3.28 Å². The Bertz CT molecular complexity index is 1130. The minimum atomic E-state index is -2.68. The van der Waals surface area contributed by atoms with Crippen LogP contribution in [0.15, 0.2) is 111 Å². The van der Waals surface area contributed by atoms with Gasteiger partial charge in [-0.1, -0.05) is 0 Å². The van der Waals surface area contributed by atoms with Gasteiger partial charge >= 0.3 is 202 Å². The molecule has 0 bridgehead atoms. The topological polar surface area (TPSA) is 29.1 Å². The van der Waals surface area contributed by atoms with Gasteiger partial charge in [0.15, 0.2) is 0 Å². The average molecular weight is 587 g/mol. The number of amides is 1. The number of benzene rings is 3. The summed E-state index contributed by atoms with van der Waals surface area (Å²) in [7, 11) is 0. The molecule has 4 rings (SSSR count). The Labute approximate surface area is 225 Å². The van der Waals surface area contributed by atoms with Crippen molar-refractivity contribution in [2.24, 2.45) is 5.92 Å². The number of allylic oxidation sites excluding steroid dienone is 4. The van der Waals surface area contributed by atoms with Crippen LogP contribution in [0.25, 0.3) is 0 Å². The zero-order valence-electron chi connectivity index (χ0n) is 20.0. The van der Waals surface area contributed by atoms with Gasteiger partial charge in [0.1, 0.15) is 0 Å². The van der Waals surface area contributed by atoms with Gasteiger partial charge in [0.2, 0.25) is 0 Å². The van der Waals surface area contributed by atoms with Gasteiger partial charge in [0.25, 0.3) is 0 Å². The molecule has 0 spiro atoms. The van der Waals surface area contributed by atoms with Crippen molar-refractivity contribution in [2.45, 2.75) is 27.7 Å². The molecular weight excluding hydrogens is 557 g/mol. The Morgan fingerprint density at radius 2 is 1.18 bits per heavy atom. The van der Waals surface area contributed by atoms with Crippen molar-refractivity contribution in [3.8, 4) is 0 Å². The van der Waals surface area contributed by atoms with Gasteiger partial charge in [-0.05, 0) is 0 Å². The minimum Gasteiger partial charge on any atom is -1.00 e. The molecule has 0 saturated heterocycles. The Kier molecular flexibility index (Phi) is 10.8. The molecular formula is C28H30Cl2NOSiZr. The van der Waals surface area contributed by atoms with Crippen LogP contribution in [0.3, 0.4) is 0 Å². The maximum Gasteiger partial charge on any atom is -1.00 e. The van der Waals surface area contributed by atoms with Crippen molar-refractivity contribution in [3.63, 3.8) is 0 Å². The first kappa shape index (κ1) is 28.5. The van der Waals surface area contributed by atoms with Crippen molar-refractivity contribution >= 4 is 22.2 Å². The van der Waals surface area contributed by atoms with E-state index < -0.39 is 27.1 Å². The maximum absolute atomic E-state index is 13.5. The van der Waals surface area contributed by atoms with Gasteiger partial charge < -0.3 is 24.8 Å². The van der Waals surface area contributed by atoms with Gasteiger partial charge in [-0.3, -0.25) is 0 Å². The van der Waals surface area contributed by atoms with Gasteiger partial charge in [-0.25, -0.2) is 0 Å². The Hall–Kier alpha value is -1.71. The molecule has 0 radical (unpaired) electrons. The molecule has 0 aromatic heterocycles. The van der Waals surface area contributed by atoms with Crippen LogP contribution in [0, 0.1) is 5.92 Å². The first-order chi connectivity index (χ1) is 15.5. The van der Waals surface area contributed by atoms with Crippen LogP contribution in [-0.2, 0) is 21.2 Å². The summed E-state index contributed by atoms with van der Waals surface area (Å²) in [6.45, 7) is 9.11. The minimum absolute atomic E-state index is 0. The first-order valence-corrected chi connectivity index (χ1v) is 19.7. The Morgan fingerprint density at radius 3 is 1.59 bits per heavy atom. The molecule has 0 aliphatic heterocycles. The molecule has 175 valence electrons. The van der Waals surface area contributed by atoms with Crippen LogP contribution in [-0.4, -0.2) is 11.8 Å². The summed E-state index contributed by atoms with van der Waals surface area (Å²) in [6, 6.07) is 31.6. The van der Waals surface area contributed by atoms with Gasteiger partial charge in [-0.2, -0.15) is 0 Å². The second kappa shape index (κ2) is 12.8. The molecule has 1 aliphatic rings. The largest absolute Gasteiger partial charge is 1.00 e. The number of carbonyl (C=O) groups excluding carboxylic acids is 1. The van der Waals surface area contributed by atoms with Gasteiger partial charge in [0.05, 0.1) is 0 Å². The van der Waals surface area contributed by atoms with Crippen LogP contribution < -0.4 is 38.4 Å². The van der Waals surface area contributed by atoms with Gasteiger partial charge in [-0.15, -0.1) is 0 Å². The van der Waals surface area contributed by atoms with Crippen molar-refractivity contribution in [2.75, 3.05) is 0 Å². The van der Waals surface area contributed by atoms with E-state index in [0.29, 0.717) is 5.92 Å². The fourth-order valence-corrected chi connectivity index (χ4v) is 26.5. The van der Waals surface area contributed by atoms with Crippen molar-refractivity contribution in [1.29, 1.82) is 0 Å². The smallest absolute Gasteiger partial charge is 1.00 e. The molecule has 3 aromatic rings. The first-order valence-electron chi connectivity index (χ1n) is 11.2. The van der Waals surface area contributed by atoms with Crippen LogP contribution in [0.1, 0.15) is 38.1 Å². The predicted molar refractivity (Wildman–Crippen MR) is 133 cm³/mol. The summed E-state index contributed by atoms with van der Waals surface area (Å²) in [5.41, 5.74) is 5.04. The number of hydrogen-bond donors (Lipinski definition) is 1. The van der Waals surface area contributed by atoms with E-state index in [2.05, 4.69) is 91.6 Å². The fourth-order valence-electron chi connectivity index (χ4n) is 4.69. The van der Waals surface area contributed by atoms with Crippen LogP contribution in [0.2, 0.25) is 0 Å². The van der Waals surface area contributed by atoms with E-state index in [1.807, 2.05) is 30.3 Å². The molecule has 1 N–H and O–H groups in total. The van der Waals surface area contributed by atoms with Gasteiger partial charge in [0, 0.05) is 0 Å². The van der Waals surface area contributed by atoms with Crippen LogP contribution in [0.5, 0.6) is 0 Å². The maximum atomic E-state index is 13.5. The number of halogens is 2. The van der Waals surface area contributed by atoms with E-state index >= 15 is 0 Å². The van der Waals surface area contributed by atoms with Crippen molar-refractivity contribution in [3.05, 3.63) is 117 Å². The predicted octanol–water partition coefficient (Wildman–Crippen LogP) is -1.24. The third kappa shape index (κ3) is 5.91. The van der Waals surface area contributed by atoms with Crippen molar-refractivity contribution in [1.82, 2.24) is 3.26 Å². The van der Waals surface area contributed by atoms with E-state index in [-0.39, 0.29) is 30.7 Å². The average Bonchev–Trinajstić information content (AvgIpc) is 3.03. The van der Waals surface area contributed by atoms with E-state index in [1.165, 1.54) is 27.1 Å². The molecule has 1 atom stereocenters. The van der Waals surface area contributed by atoms with E-state index in [4.69, 9.17) is 0 Å². The second-order valence-electron chi connectivity index (χ2n) is 8.56. The summed E-state index contributed by atoms with van der Waals surface area (Å²) in [6.07, 6.45) is 0. The Balaban J connectivity index is 0.00000204. The summed E-state index contributed by atoms with van der Waals surface area (Å²) in [5, 5.41) is 2.85. The number of carbonyl (C=O) groups is 1. The van der Waals surface area contributed by atoms with Crippen LogP contribution >= 0.6 is 0 Å². The van der Waals surface area contributed by atoms with E-state index in [0.717, 1.165) is 5.56 Å². The number of nitrogens with one attached hydrogen (secondary N) is 1. The summed E-state index contributed by atoms with van der Waals surface area (Å²) >= 11 is -2.68.